The summed E-state index contributed by atoms with van der Waals surface area (Å²) in [6.07, 6.45) is -0.210. The van der Waals surface area contributed by atoms with Gasteiger partial charge in [0, 0.05) is 12.8 Å². The second-order valence-electron chi connectivity index (χ2n) is 2.14. The van der Waals surface area contributed by atoms with Gasteiger partial charge in [0.2, 0.25) is 5.92 Å². The highest BCUT2D eigenvalue weighted by molar-refractivity contribution is 6.44. The van der Waals surface area contributed by atoms with E-state index in [-0.39, 0.29) is 19.3 Å². The molecule has 0 saturated heterocycles. The first-order valence-corrected chi connectivity index (χ1v) is 4.01. The van der Waals surface area contributed by atoms with E-state index in [1.807, 2.05) is 0 Å². The van der Waals surface area contributed by atoms with E-state index in [4.69, 9.17) is 23.2 Å². The van der Waals surface area contributed by atoms with Crippen molar-refractivity contribution in [3.05, 3.63) is 0 Å². The largest absolute Gasteiger partial charge is 0.248 e. The van der Waals surface area contributed by atoms with Gasteiger partial charge in [-0.15, -0.1) is 23.2 Å². The van der Waals surface area contributed by atoms with E-state index in [1.165, 1.54) is 6.92 Å². The quantitative estimate of drug-likeness (QED) is 0.595. The van der Waals surface area contributed by atoms with Gasteiger partial charge in [-0.1, -0.05) is 6.92 Å². The summed E-state index contributed by atoms with van der Waals surface area (Å²) in [4.78, 5) is -0.669. The van der Waals surface area contributed by atoms with E-state index >= 15 is 0 Å². The fraction of sp³-hybridized carbons (Fsp3) is 1.00. The Morgan fingerprint density at radius 3 is 2.20 bits per heavy atom. The maximum Gasteiger partial charge on any atom is 0.248 e. The molecule has 0 radical (unpaired) electrons. The number of hydrogen-bond donors (Lipinski definition) is 0. The van der Waals surface area contributed by atoms with Gasteiger partial charge >= 0.3 is 0 Å². The van der Waals surface area contributed by atoms with Gasteiger partial charge in [-0.25, -0.2) is 8.78 Å². The minimum Gasteiger partial charge on any atom is -0.207 e. The summed E-state index contributed by atoms with van der Waals surface area (Å²) in [7, 11) is 0. The highest BCUT2D eigenvalue weighted by Gasteiger charge is 2.26. The Bertz CT molecular complexity index is 93.7. The van der Waals surface area contributed by atoms with Crippen molar-refractivity contribution in [3.63, 3.8) is 0 Å². The molecule has 4 heteroatoms. The van der Waals surface area contributed by atoms with E-state index in [0.717, 1.165) is 0 Å². The Balaban J connectivity index is 3.46. The SMILES string of the molecule is CCC(F)(F)CCC(Cl)Cl. The molecule has 0 aliphatic heterocycles. The number of alkyl halides is 4. The lowest BCUT2D eigenvalue weighted by Crippen LogP contribution is -2.14. The third-order valence-electron chi connectivity index (χ3n) is 1.25. The van der Waals surface area contributed by atoms with Crippen molar-refractivity contribution < 1.29 is 8.78 Å². The smallest absolute Gasteiger partial charge is 0.207 e. The van der Waals surface area contributed by atoms with Crippen molar-refractivity contribution in [1.29, 1.82) is 0 Å². The topological polar surface area (TPSA) is 0 Å². The third-order valence-corrected chi connectivity index (χ3v) is 1.68. The molecule has 62 valence electrons. The fourth-order valence-electron chi connectivity index (χ4n) is 0.497. The Kier molecular flexibility index (Phi) is 4.54. The summed E-state index contributed by atoms with van der Waals surface area (Å²) < 4.78 is 24.8. The van der Waals surface area contributed by atoms with Crippen LogP contribution in [0.2, 0.25) is 0 Å². The molecule has 0 spiro atoms. The average molecular weight is 191 g/mol. The van der Waals surface area contributed by atoms with Crippen molar-refractivity contribution >= 4 is 23.2 Å². The van der Waals surface area contributed by atoms with Gasteiger partial charge in [0.25, 0.3) is 0 Å². The zero-order valence-electron chi connectivity index (χ0n) is 5.71. The molecule has 0 aromatic rings. The zero-order chi connectivity index (χ0) is 8.20. The maximum atomic E-state index is 12.4. The van der Waals surface area contributed by atoms with Crippen molar-refractivity contribution in [2.75, 3.05) is 0 Å². The van der Waals surface area contributed by atoms with E-state index in [0.29, 0.717) is 0 Å². The van der Waals surface area contributed by atoms with Crippen LogP contribution in [0.1, 0.15) is 26.2 Å². The standard InChI is InChI=1S/C6H10Cl2F2/c1-2-6(9,10)4-3-5(7)8/h5H,2-4H2,1H3. The molecule has 0 heterocycles. The minimum atomic E-state index is -2.60. The lowest BCUT2D eigenvalue weighted by molar-refractivity contribution is -0.0123. The van der Waals surface area contributed by atoms with Crippen molar-refractivity contribution in [2.45, 2.75) is 36.9 Å². The first-order valence-electron chi connectivity index (χ1n) is 3.14. The van der Waals surface area contributed by atoms with E-state index < -0.39 is 10.8 Å². The molecule has 0 nitrogen and oxygen atoms in total. The van der Waals surface area contributed by atoms with Crippen LogP contribution >= 0.6 is 23.2 Å². The molecule has 0 aromatic carbocycles. The molecule has 10 heavy (non-hydrogen) atoms. The van der Waals surface area contributed by atoms with Crippen molar-refractivity contribution in [1.82, 2.24) is 0 Å². The van der Waals surface area contributed by atoms with Crippen LogP contribution in [0.3, 0.4) is 0 Å². The molecule has 0 N–H and O–H groups in total. The van der Waals surface area contributed by atoms with E-state index in [1.54, 1.807) is 0 Å². The summed E-state index contributed by atoms with van der Waals surface area (Å²) in [6, 6.07) is 0. The van der Waals surface area contributed by atoms with Gasteiger partial charge in [-0.3, -0.25) is 0 Å². The Labute approximate surface area is 69.5 Å². The summed E-state index contributed by atoms with van der Waals surface area (Å²) in [6.45, 7) is 1.44. The Hall–Kier alpha value is 0.440. The average Bonchev–Trinajstić information content (AvgIpc) is 1.85. The van der Waals surface area contributed by atoms with Crippen LogP contribution < -0.4 is 0 Å². The number of hydrogen-bond acceptors (Lipinski definition) is 0. The number of halogens is 4. The zero-order valence-corrected chi connectivity index (χ0v) is 7.22. The van der Waals surface area contributed by atoms with Gasteiger partial charge in [0.1, 0.15) is 4.84 Å². The minimum absolute atomic E-state index is 0.145. The lowest BCUT2D eigenvalue weighted by Gasteiger charge is -2.13. The van der Waals surface area contributed by atoms with Gasteiger partial charge in [-0.2, -0.15) is 0 Å². The van der Waals surface area contributed by atoms with Crippen LogP contribution in [0.4, 0.5) is 8.78 Å². The lowest BCUT2D eigenvalue weighted by atomic mass is 10.1. The Morgan fingerprint density at radius 1 is 1.40 bits per heavy atom. The molecule has 0 atom stereocenters. The third kappa shape index (κ3) is 5.24. The molecule has 0 saturated carbocycles. The second-order valence-corrected chi connectivity index (χ2v) is 3.42. The fourth-order valence-corrected chi connectivity index (χ4v) is 0.715. The molecule has 0 unspecified atom stereocenters. The summed E-state index contributed by atoms with van der Waals surface area (Å²) >= 11 is 10.5. The van der Waals surface area contributed by atoms with Gasteiger partial charge in [-0.05, 0) is 6.42 Å². The van der Waals surface area contributed by atoms with Crippen LogP contribution in [0.5, 0.6) is 0 Å². The molecular weight excluding hydrogens is 181 g/mol. The van der Waals surface area contributed by atoms with Gasteiger partial charge in [0.15, 0.2) is 0 Å². The van der Waals surface area contributed by atoms with Crippen LogP contribution in [0.15, 0.2) is 0 Å². The summed E-state index contributed by atoms with van der Waals surface area (Å²) in [5.41, 5.74) is 0. The molecule has 0 rings (SSSR count). The van der Waals surface area contributed by atoms with Gasteiger partial charge in [0.05, 0.1) is 0 Å². The predicted octanol–water partition coefficient (Wildman–Crippen LogP) is 3.62. The van der Waals surface area contributed by atoms with Crippen LogP contribution in [0, 0.1) is 0 Å². The first kappa shape index (κ1) is 10.4. The van der Waals surface area contributed by atoms with Crippen molar-refractivity contribution in [2.24, 2.45) is 0 Å². The van der Waals surface area contributed by atoms with E-state index in [2.05, 4.69) is 0 Å². The van der Waals surface area contributed by atoms with E-state index in [9.17, 15) is 8.78 Å². The second kappa shape index (κ2) is 4.35. The summed E-state index contributed by atoms with van der Waals surface area (Å²) in [5, 5.41) is 0. The molecule has 0 fully saturated rings. The predicted molar refractivity (Wildman–Crippen MR) is 40.0 cm³/mol. The van der Waals surface area contributed by atoms with Crippen LogP contribution in [-0.4, -0.2) is 10.8 Å². The summed E-state index contributed by atoms with van der Waals surface area (Å²) in [5.74, 6) is -2.60. The van der Waals surface area contributed by atoms with Crippen LogP contribution in [-0.2, 0) is 0 Å². The monoisotopic (exact) mass is 190 g/mol. The molecule has 0 bridgehead atoms. The molecule has 0 aromatic heterocycles. The normalized spacial score (nSPS) is 12.6. The molecule has 0 aliphatic rings. The van der Waals surface area contributed by atoms with Gasteiger partial charge < -0.3 is 0 Å². The number of rotatable bonds is 4. The highest BCUT2D eigenvalue weighted by Crippen LogP contribution is 2.26. The molecule has 0 aliphatic carbocycles. The first-order chi connectivity index (χ1) is 4.48. The molecule has 0 amide bonds. The maximum absolute atomic E-state index is 12.4. The molecular formula is C6H10Cl2F2. The van der Waals surface area contributed by atoms with Crippen LogP contribution in [0.25, 0.3) is 0 Å². The highest BCUT2D eigenvalue weighted by atomic mass is 35.5. The Morgan fingerprint density at radius 2 is 1.90 bits per heavy atom. The van der Waals surface area contributed by atoms with Crippen molar-refractivity contribution in [3.8, 4) is 0 Å².